The Balaban J connectivity index is 1.78. The lowest BCUT2D eigenvalue weighted by atomic mass is 10.1. The molecule has 3 N–H and O–H groups in total. The van der Waals surface area contributed by atoms with E-state index in [-0.39, 0.29) is 6.42 Å². The van der Waals surface area contributed by atoms with Gasteiger partial charge in [-0.1, -0.05) is 30.3 Å². The van der Waals surface area contributed by atoms with Crippen LogP contribution in [-0.2, 0) is 11.2 Å². The quantitative estimate of drug-likeness (QED) is 0.644. The second kappa shape index (κ2) is 7.09. The monoisotopic (exact) mass is 338 g/mol. The number of fused-ring (bicyclic) bond motifs is 1. The molecule has 0 aliphatic rings. The predicted molar refractivity (Wildman–Crippen MR) is 93.9 cm³/mol. The first-order chi connectivity index (χ1) is 12.1. The Morgan fingerprint density at radius 3 is 2.60 bits per heavy atom. The van der Waals surface area contributed by atoms with Gasteiger partial charge in [0, 0.05) is 23.4 Å². The molecule has 0 aliphatic carbocycles. The molecule has 1 atom stereocenters. The molecule has 1 aromatic heterocycles. The van der Waals surface area contributed by atoms with Gasteiger partial charge in [0.2, 0.25) is 0 Å². The number of hydrogen-bond acceptors (Lipinski definition) is 3. The van der Waals surface area contributed by atoms with Crippen LogP contribution in [0.25, 0.3) is 10.9 Å². The highest BCUT2D eigenvalue weighted by molar-refractivity contribution is 5.99. The molecule has 6 nitrogen and oxygen atoms in total. The number of rotatable bonds is 6. The second-order valence-electron chi connectivity index (χ2n) is 5.69. The molecule has 1 amide bonds. The van der Waals surface area contributed by atoms with Gasteiger partial charge in [-0.05, 0) is 23.8 Å². The number of aromatic amines is 1. The molecule has 1 heterocycles. The number of benzene rings is 2. The third-order valence-corrected chi connectivity index (χ3v) is 3.96. The summed E-state index contributed by atoms with van der Waals surface area (Å²) >= 11 is 0. The number of nitrogens with one attached hydrogen (secondary N) is 2. The van der Waals surface area contributed by atoms with Crippen molar-refractivity contribution in [1.82, 2.24) is 10.3 Å². The molecule has 3 rings (SSSR count). The number of hydrogen-bond donors (Lipinski definition) is 3. The molecular formula is C19H18N2O4. The molecule has 0 bridgehead atoms. The van der Waals surface area contributed by atoms with Crippen LogP contribution in [0.2, 0.25) is 0 Å². The van der Waals surface area contributed by atoms with Crippen molar-refractivity contribution in [1.29, 1.82) is 0 Å². The zero-order chi connectivity index (χ0) is 17.8. The molecule has 0 saturated carbocycles. The van der Waals surface area contributed by atoms with Crippen LogP contribution in [0.3, 0.4) is 0 Å². The van der Waals surface area contributed by atoms with Gasteiger partial charge in [0.05, 0.1) is 7.11 Å². The van der Waals surface area contributed by atoms with Crippen LogP contribution >= 0.6 is 0 Å². The summed E-state index contributed by atoms with van der Waals surface area (Å²) in [6, 6.07) is 15.3. The van der Waals surface area contributed by atoms with Crippen LogP contribution in [0.5, 0.6) is 5.75 Å². The van der Waals surface area contributed by atoms with E-state index in [0.29, 0.717) is 11.4 Å². The fourth-order valence-corrected chi connectivity index (χ4v) is 2.64. The van der Waals surface area contributed by atoms with Crippen LogP contribution in [0.1, 0.15) is 16.1 Å². The Hall–Kier alpha value is -3.28. The van der Waals surface area contributed by atoms with Crippen molar-refractivity contribution in [3.63, 3.8) is 0 Å². The molecule has 0 fully saturated rings. The minimum absolute atomic E-state index is 0.218. The van der Waals surface area contributed by atoms with Gasteiger partial charge in [0.1, 0.15) is 17.5 Å². The van der Waals surface area contributed by atoms with Crippen LogP contribution in [-0.4, -0.2) is 35.1 Å². The van der Waals surface area contributed by atoms with Gasteiger partial charge in [0.25, 0.3) is 5.91 Å². The molecule has 6 heteroatoms. The van der Waals surface area contributed by atoms with Gasteiger partial charge in [-0.2, -0.15) is 0 Å². The van der Waals surface area contributed by atoms with Gasteiger partial charge >= 0.3 is 5.97 Å². The number of amides is 1. The average molecular weight is 338 g/mol. The maximum absolute atomic E-state index is 12.4. The summed E-state index contributed by atoms with van der Waals surface area (Å²) in [4.78, 5) is 26.9. The zero-order valence-electron chi connectivity index (χ0n) is 13.7. The van der Waals surface area contributed by atoms with E-state index in [0.717, 1.165) is 16.5 Å². The largest absolute Gasteiger partial charge is 0.497 e. The maximum atomic E-state index is 12.4. The summed E-state index contributed by atoms with van der Waals surface area (Å²) in [6.07, 6.45) is 0.218. The summed E-state index contributed by atoms with van der Waals surface area (Å²) in [5.41, 5.74) is 1.90. The first-order valence-electron chi connectivity index (χ1n) is 7.81. The molecule has 0 saturated heterocycles. The number of carbonyl (C=O) groups is 2. The fourth-order valence-electron chi connectivity index (χ4n) is 2.64. The lowest BCUT2D eigenvalue weighted by Gasteiger charge is -2.14. The number of ether oxygens (including phenoxy) is 1. The van der Waals surface area contributed by atoms with Crippen LogP contribution < -0.4 is 10.1 Å². The van der Waals surface area contributed by atoms with E-state index >= 15 is 0 Å². The lowest BCUT2D eigenvalue weighted by Crippen LogP contribution is -2.42. The normalized spacial score (nSPS) is 11.9. The first kappa shape index (κ1) is 16.6. The maximum Gasteiger partial charge on any atom is 0.326 e. The Kier molecular flexibility index (Phi) is 4.70. The van der Waals surface area contributed by atoms with E-state index in [1.807, 2.05) is 36.4 Å². The number of H-pyrrole nitrogens is 1. The van der Waals surface area contributed by atoms with Crippen molar-refractivity contribution in [2.75, 3.05) is 7.11 Å². The summed E-state index contributed by atoms with van der Waals surface area (Å²) in [5.74, 6) is -0.859. The average Bonchev–Trinajstić information content (AvgIpc) is 3.05. The minimum Gasteiger partial charge on any atom is -0.497 e. The van der Waals surface area contributed by atoms with E-state index in [4.69, 9.17) is 4.74 Å². The first-order valence-corrected chi connectivity index (χ1v) is 7.81. The van der Waals surface area contributed by atoms with Gasteiger partial charge in [-0.25, -0.2) is 4.79 Å². The van der Waals surface area contributed by atoms with Crippen molar-refractivity contribution in [3.05, 3.63) is 65.9 Å². The summed E-state index contributed by atoms with van der Waals surface area (Å²) < 4.78 is 5.16. The van der Waals surface area contributed by atoms with Gasteiger partial charge in [-0.3, -0.25) is 4.79 Å². The van der Waals surface area contributed by atoms with E-state index in [2.05, 4.69) is 10.3 Å². The molecule has 0 unspecified atom stereocenters. The van der Waals surface area contributed by atoms with Crippen LogP contribution in [0, 0.1) is 0 Å². The number of carboxylic acids is 1. The topological polar surface area (TPSA) is 91.4 Å². The third-order valence-electron chi connectivity index (χ3n) is 3.96. The number of aliphatic carboxylic acids is 1. The lowest BCUT2D eigenvalue weighted by molar-refractivity contribution is -0.139. The Morgan fingerprint density at radius 2 is 1.92 bits per heavy atom. The van der Waals surface area contributed by atoms with Gasteiger partial charge < -0.3 is 20.1 Å². The third kappa shape index (κ3) is 3.80. The van der Waals surface area contributed by atoms with Crippen molar-refractivity contribution in [2.24, 2.45) is 0 Å². The second-order valence-corrected chi connectivity index (χ2v) is 5.69. The standard InChI is InChI=1S/C19H18N2O4/c1-25-14-8-7-13-10-16(20-15(13)11-14)18(22)21-17(19(23)24)9-12-5-3-2-4-6-12/h2-8,10-11,17,20H,9H2,1H3,(H,21,22)(H,23,24)/t17-/m0/s1. The van der Waals surface area contributed by atoms with Crippen LogP contribution in [0.4, 0.5) is 0 Å². The van der Waals surface area contributed by atoms with Crippen molar-refractivity contribution >= 4 is 22.8 Å². The predicted octanol–water partition coefficient (Wildman–Crippen LogP) is 2.60. The molecule has 0 spiro atoms. The van der Waals surface area contributed by atoms with Crippen LogP contribution in [0.15, 0.2) is 54.6 Å². The highest BCUT2D eigenvalue weighted by atomic mass is 16.5. The minimum atomic E-state index is -1.07. The summed E-state index contributed by atoms with van der Waals surface area (Å²) in [7, 11) is 1.57. The highest BCUT2D eigenvalue weighted by Gasteiger charge is 2.22. The Bertz CT molecular complexity index is 902. The molecule has 0 aliphatic heterocycles. The van der Waals surface area contributed by atoms with Crippen molar-refractivity contribution in [3.8, 4) is 5.75 Å². The van der Waals surface area contributed by atoms with E-state index in [9.17, 15) is 14.7 Å². The summed E-state index contributed by atoms with van der Waals surface area (Å²) in [6.45, 7) is 0. The number of carboxylic acid groups (broad SMARTS) is 1. The number of aromatic nitrogens is 1. The number of carbonyl (C=O) groups excluding carboxylic acids is 1. The smallest absolute Gasteiger partial charge is 0.326 e. The van der Waals surface area contributed by atoms with Gasteiger partial charge in [-0.15, -0.1) is 0 Å². The Labute approximate surface area is 144 Å². The molecule has 2 aromatic carbocycles. The molecular weight excluding hydrogens is 320 g/mol. The Morgan fingerprint density at radius 1 is 1.16 bits per heavy atom. The fraction of sp³-hybridized carbons (Fsp3) is 0.158. The molecule has 0 radical (unpaired) electrons. The molecule has 3 aromatic rings. The molecule has 128 valence electrons. The zero-order valence-corrected chi connectivity index (χ0v) is 13.7. The summed E-state index contributed by atoms with van der Waals surface area (Å²) in [5, 5.41) is 12.8. The SMILES string of the molecule is COc1ccc2cc(C(=O)N[C@@H](Cc3ccccc3)C(=O)O)[nH]c2c1. The van der Waals surface area contributed by atoms with Crippen molar-refractivity contribution in [2.45, 2.75) is 12.5 Å². The highest BCUT2D eigenvalue weighted by Crippen LogP contribution is 2.21. The van der Waals surface area contributed by atoms with Gasteiger partial charge in [0.15, 0.2) is 0 Å². The van der Waals surface area contributed by atoms with E-state index < -0.39 is 17.9 Å². The van der Waals surface area contributed by atoms with E-state index in [1.165, 1.54) is 0 Å². The number of methoxy groups -OCH3 is 1. The molecule has 25 heavy (non-hydrogen) atoms. The van der Waals surface area contributed by atoms with E-state index in [1.54, 1.807) is 25.3 Å². The van der Waals surface area contributed by atoms with Crippen molar-refractivity contribution < 1.29 is 19.4 Å².